The quantitative estimate of drug-likeness (QED) is 0.328. The first-order valence-corrected chi connectivity index (χ1v) is 13.9. The number of anilines is 1. The number of aliphatic carboxylic acids is 1. The molecule has 2 aromatic rings. The van der Waals surface area contributed by atoms with Crippen LogP contribution in [0.1, 0.15) is 29.5 Å². The maximum atomic E-state index is 13.5. The molecule has 2 aliphatic heterocycles. The summed E-state index contributed by atoms with van der Waals surface area (Å²) < 4.78 is 27.2. The van der Waals surface area contributed by atoms with Gasteiger partial charge in [0.25, 0.3) is 5.78 Å². The van der Waals surface area contributed by atoms with Crippen LogP contribution in [0.3, 0.4) is 0 Å². The van der Waals surface area contributed by atoms with Crippen molar-refractivity contribution in [3.63, 3.8) is 0 Å². The van der Waals surface area contributed by atoms with Crippen LogP contribution in [0.4, 0.5) is 5.69 Å². The highest BCUT2D eigenvalue weighted by Gasteiger charge is 2.52. The van der Waals surface area contributed by atoms with Crippen LogP contribution in [0, 0.1) is 0 Å². The second-order valence-electron chi connectivity index (χ2n) is 10.2. The first-order valence-electron chi connectivity index (χ1n) is 12.3. The normalized spacial score (nSPS) is 25.1. The first kappa shape index (κ1) is 25.9. The van der Waals surface area contributed by atoms with E-state index in [0.717, 1.165) is 4.31 Å². The number of carbonyl (C=O) groups excluding carboxylic acids is 3. The van der Waals surface area contributed by atoms with E-state index in [1.807, 2.05) is 0 Å². The second-order valence-corrected chi connectivity index (χ2v) is 12.1. The average Bonchev–Trinajstić information content (AvgIpc) is 3.46. The van der Waals surface area contributed by atoms with Gasteiger partial charge >= 0.3 is 5.97 Å². The highest BCUT2D eigenvalue weighted by molar-refractivity contribution is 7.88. The number of carbonyl (C=O) groups is 4. The minimum absolute atomic E-state index is 0.00487. The molecule has 12 heteroatoms. The number of amides is 2. The third kappa shape index (κ3) is 4.65. The van der Waals surface area contributed by atoms with Crippen molar-refractivity contribution in [1.82, 2.24) is 14.5 Å². The minimum Gasteiger partial charge on any atom is -0.475 e. The van der Waals surface area contributed by atoms with E-state index in [1.165, 1.54) is 4.90 Å². The van der Waals surface area contributed by atoms with E-state index in [1.54, 1.807) is 48.5 Å². The largest absolute Gasteiger partial charge is 0.475 e. The van der Waals surface area contributed by atoms with Crippen molar-refractivity contribution in [2.75, 3.05) is 18.8 Å². The van der Waals surface area contributed by atoms with E-state index < -0.39 is 51.2 Å². The number of carboxylic acids is 1. The van der Waals surface area contributed by atoms with Crippen molar-refractivity contribution in [1.29, 1.82) is 0 Å². The Balaban J connectivity index is 1.32. The van der Waals surface area contributed by atoms with Crippen molar-refractivity contribution in [2.45, 2.75) is 49.1 Å². The minimum atomic E-state index is -3.76. The molecule has 2 amide bonds. The molecule has 38 heavy (non-hydrogen) atoms. The maximum absolute atomic E-state index is 13.5. The van der Waals surface area contributed by atoms with Crippen LogP contribution < -0.4 is 11.1 Å². The predicted molar refractivity (Wildman–Crippen MR) is 136 cm³/mol. The summed E-state index contributed by atoms with van der Waals surface area (Å²) >= 11 is 0. The monoisotopic (exact) mass is 540 g/mol. The fraction of sp³-hybridized carbons (Fsp3) is 0.385. The number of nitrogens with two attached hydrogens (primary N) is 1. The highest BCUT2D eigenvalue weighted by Crippen LogP contribution is 2.35. The summed E-state index contributed by atoms with van der Waals surface area (Å²) in [5.41, 5.74) is 6.62. The molecule has 0 bridgehead atoms. The van der Waals surface area contributed by atoms with Gasteiger partial charge in [-0.3, -0.25) is 14.4 Å². The van der Waals surface area contributed by atoms with Gasteiger partial charge in [0.2, 0.25) is 21.8 Å². The molecular formula is C26H28N4O7S. The van der Waals surface area contributed by atoms with Gasteiger partial charge in [-0.25, -0.2) is 13.2 Å². The van der Waals surface area contributed by atoms with Crippen LogP contribution in [-0.4, -0.2) is 77.0 Å². The van der Waals surface area contributed by atoms with Crippen molar-refractivity contribution in [3.8, 4) is 0 Å². The molecule has 200 valence electrons. The summed E-state index contributed by atoms with van der Waals surface area (Å²) in [5, 5.41) is 12.2. The lowest BCUT2D eigenvalue weighted by molar-refractivity contribution is -0.153. The van der Waals surface area contributed by atoms with Crippen LogP contribution in [0.5, 0.6) is 0 Å². The number of nitrogen functional groups attached to an aromatic ring is 1. The number of hydrogen-bond acceptors (Lipinski definition) is 7. The topological polar surface area (TPSA) is 167 Å². The van der Waals surface area contributed by atoms with Gasteiger partial charge in [-0.15, -0.1) is 0 Å². The molecule has 2 heterocycles. The summed E-state index contributed by atoms with van der Waals surface area (Å²) in [5.74, 6) is -4.17. The van der Waals surface area contributed by atoms with E-state index in [0.29, 0.717) is 28.8 Å². The van der Waals surface area contributed by atoms with Crippen LogP contribution in [0.15, 0.2) is 48.5 Å². The highest BCUT2D eigenvalue weighted by atomic mass is 32.2. The molecule has 2 unspecified atom stereocenters. The number of ketones is 1. The van der Waals surface area contributed by atoms with Gasteiger partial charge in [-0.1, -0.05) is 36.4 Å². The molecule has 3 atom stereocenters. The molecule has 2 fully saturated rings. The van der Waals surface area contributed by atoms with Crippen LogP contribution >= 0.6 is 0 Å². The molecular weight excluding hydrogens is 512 g/mol. The Labute approximate surface area is 219 Å². The third-order valence-corrected chi connectivity index (χ3v) is 9.37. The number of fused-ring (bicyclic) bond motifs is 2. The van der Waals surface area contributed by atoms with Gasteiger partial charge in [0.15, 0.2) is 0 Å². The van der Waals surface area contributed by atoms with Gasteiger partial charge in [-0.2, -0.15) is 4.31 Å². The summed E-state index contributed by atoms with van der Waals surface area (Å²) in [7, 11) is -3.76. The number of rotatable bonds is 7. The Hall–Kier alpha value is -3.77. The number of nitrogens with one attached hydrogen (secondary N) is 1. The lowest BCUT2D eigenvalue weighted by atomic mass is 9.89. The zero-order valence-corrected chi connectivity index (χ0v) is 21.3. The Bertz CT molecular complexity index is 1430. The lowest BCUT2D eigenvalue weighted by Gasteiger charge is -2.39. The van der Waals surface area contributed by atoms with Crippen molar-refractivity contribution >= 4 is 39.3 Å². The number of nitrogens with zero attached hydrogens (tertiary/aromatic N) is 2. The molecule has 3 aliphatic rings. The van der Waals surface area contributed by atoms with Gasteiger partial charge in [0.05, 0.1) is 12.3 Å². The van der Waals surface area contributed by atoms with Gasteiger partial charge < -0.3 is 21.1 Å². The Morgan fingerprint density at radius 3 is 2.47 bits per heavy atom. The Kier molecular flexibility index (Phi) is 6.48. The molecule has 0 aromatic heterocycles. The number of sulfonamides is 1. The molecule has 11 nitrogen and oxygen atoms in total. The van der Waals surface area contributed by atoms with E-state index in [-0.39, 0.29) is 38.1 Å². The number of Topliss-reactive ketones (excluding diaryl/α,β-unsaturated/α-hetero) is 1. The van der Waals surface area contributed by atoms with Gasteiger partial charge in [0, 0.05) is 31.1 Å². The van der Waals surface area contributed by atoms with E-state index in [9.17, 15) is 32.7 Å². The van der Waals surface area contributed by atoms with Gasteiger partial charge in [-0.05, 0) is 41.7 Å². The fourth-order valence-electron chi connectivity index (χ4n) is 5.84. The van der Waals surface area contributed by atoms with E-state index in [2.05, 4.69) is 5.32 Å². The summed E-state index contributed by atoms with van der Waals surface area (Å²) in [4.78, 5) is 52.5. The number of carboxylic acid groups (broad SMARTS) is 1. The summed E-state index contributed by atoms with van der Waals surface area (Å²) in [6.07, 6.45) is 0.638. The average molecular weight is 541 g/mol. The van der Waals surface area contributed by atoms with Crippen molar-refractivity contribution in [3.05, 3.63) is 65.2 Å². The zero-order chi connectivity index (χ0) is 27.2. The number of benzene rings is 2. The molecule has 5 rings (SSSR count). The van der Waals surface area contributed by atoms with Crippen molar-refractivity contribution < 1.29 is 32.7 Å². The number of hydrogen-bond donors (Lipinski definition) is 3. The molecule has 0 spiro atoms. The Morgan fingerprint density at radius 2 is 1.76 bits per heavy atom. The van der Waals surface area contributed by atoms with Crippen LogP contribution in [-0.2, 0) is 47.8 Å². The molecule has 0 saturated carbocycles. The second kappa shape index (κ2) is 9.52. The molecule has 2 aromatic carbocycles. The predicted octanol–water partition coefficient (Wildman–Crippen LogP) is 0.0813. The Morgan fingerprint density at radius 1 is 1.05 bits per heavy atom. The fourth-order valence-corrected chi connectivity index (χ4v) is 7.34. The smallest absolute Gasteiger partial charge is 0.374 e. The standard InChI is InChI=1S/C26H28N4O7S/c27-19-7-6-17-11-26(12-18(17)10-19,23(32)25(34)35)28-24(33)21-9-8-20-13-29(14-22(31)30(20)21)38(36,37)15-16-4-2-1-3-5-16/h1-7,10,20-21H,8-9,11-15,27H2,(H,28,33)(H,34,35)/t20?,21-,26?/m0/s1. The molecule has 1 aliphatic carbocycles. The number of piperazine rings is 1. The van der Waals surface area contributed by atoms with Crippen LogP contribution in [0.2, 0.25) is 0 Å². The summed E-state index contributed by atoms with van der Waals surface area (Å²) in [6, 6.07) is 12.3. The van der Waals surface area contributed by atoms with E-state index >= 15 is 0 Å². The lowest BCUT2D eigenvalue weighted by Crippen LogP contribution is -2.64. The van der Waals surface area contributed by atoms with Gasteiger partial charge in [0.1, 0.15) is 11.6 Å². The zero-order valence-electron chi connectivity index (χ0n) is 20.5. The molecule has 2 saturated heterocycles. The maximum Gasteiger partial charge on any atom is 0.374 e. The van der Waals surface area contributed by atoms with E-state index in [4.69, 9.17) is 5.73 Å². The molecule has 4 N–H and O–H groups in total. The first-order chi connectivity index (χ1) is 18.0. The third-order valence-electron chi connectivity index (χ3n) is 7.61. The molecule has 0 radical (unpaired) electrons. The van der Waals surface area contributed by atoms with Crippen LogP contribution in [0.25, 0.3) is 0 Å². The summed E-state index contributed by atoms with van der Waals surface area (Å²) in [6.45, 7) is -0.325. The SMILES string of the molecule is Nc1ccc2c(c1)CC(NC(=O)[C@@H]1CCC3CN(S(=O)(=O)Cc4ccccc4)CC(=O)N31)(C(=O)C(=O)O)C2. The van der Waals surface area contributed by atoms with Crippen molar-refractivity contribution in [2.24, 2.45) is 0 Å².